The Morgan fingerprint density at radius 2 is 2.11 bits per heavy atom. The lowest BCUT2D eigenvalue weighted by molar-refractivity contribution is 0.723. The summed E-state index contributed by atoms with van der Waals surface area (Å²) in [6, 6.07) is 5.77. The van der Waals surface area contributed by atoms with Crippen LogP contribution in [0.25, 0.3) is 5.69 Å². The van der Waals surface area contributed by atoms with Crippen molar-refractivity contribution in [3.8, 4) is 5.69 Å². The van der Waals surface area contributed by atoms with Gasteiger partial charge in [0.05, 0.1) is 5.69 Å². The van der Waals surface area contributed by atoms with Crippen LogP contribution in [0, 0.1) is 6.92 Å². The van der Waals surface area contributed by atoms with Crippen LogP contribution in [-0.2, 0) is 7.05 Å². The second kappa shape index (κ2) is 3.87. The van der Waals surface area contributed by atoms with Gasteiger partial charge in [-0.3, -0.25) is 0 Å². The Balaban J connectivity index is 2.17. The molecular weight excluding hydrogens is 225 g/mol. The number of hydrogen-bond donors (Lipinski definition) is 0. The summed E-state index contributed by atoms with van der Waals surface area (Å²) in [5.41, 5.74) is 2.69. The minimum absolute atomic E-state index is 0.126. The summed E-state index contributed by atoms with van der Waals surface area (Å²) in [5, 5.41) is 4.14. The number of nitrogens with zero attached hydrogens (tertiary/aromatic N) is 3. The van der Waals surface area contributed by atoms with E-state index in [1.807, 2.05) is 25.1 Å². The standard InChI is InChI=1S/C13H14BN3O/c1-8-15-16(2)13(18)17(8)10-5-6-12(14)11(7-10)9-3-4-9/h5-7,9H,3-4H2,1-2H3. The van der Waals surface area contributed by atoms with E-state index in [2.05, 4.69) is 5.10 Å². The van der Waals surface area contributed by atoms with Gasteiger partial charge in [0.25, 0.3) is 0 Å². The third-order valence-corrected chi connectivity index (χ3v) is 3.43. The van der Waals surface area contributed by atoms with Gasteiger partial charge in [-0.25, -0.2) is 14.0 Å². The van der Waals surface area contributed by atoms with E-state index < -0.39 is 0 Å². The highest BCUT2D eigenvalue weighted by atomic mass is 16.2. The fourth-order valence-electron chi connectivity index (χ4n) is 2.33. The monoisotopic (exact) mass is 239 g/mol. The van der Waals surface area contributed by atoms with Crippen LogP contribution in [0.3, 0.4) is 0 Å². The maximum atomic E-state index is 12.0. The third-order valence-electron chi connectivity index (χ3n) is 3.43. The summed E-state index contributed by atoms with van der Waals surface area (Å²) in [7, 11) is 7.64. The summed E-state index contributed by atoms with van der Waals surface area (Å²) in [5.74, 6) is 1.26. The molecule has 1 aliphatic rings. The summed E-state index contributed by atoms with van der Waals surface area (Å²) >= 11 is 0. The number of benzene rings is 1. The van der Waals surface area contributed by atoms with E-state index in [0.29, 0.717) is 11.7 Å². The SMILES string of the molecule is [B]c1ccc(-n2c(C)nn(C)c2=O)cc1C1CC1. The lowest BCUT2D eigenvalue weighted by atomic mass is 9.88. The van der Waals surface area contributed by atoms with E-state index in [4.69, 9.17) is 7.85 Å². The lowest BCUT2D eigenvalue weighted by Crippen LogP contribution is -2.22. The molecule has 2 radical (unpaired) electrons. The summed E-state index contributed by atoms with van der Waals surface area (Å²) in [4.78, 5) is 12.0. The first-order valence-corrected chi connectivity index (χ1v) is 6.10. The minimum Gasteiger partial charge on any atom is -0.247 e. The quantitative estimate of drug-likeness (QED) is 0.718. The largest absolute Gasteiger partial charge is 0.350 e. The van der Waals surface area contributed by atoms with Crippen LogP contribution in [0.5, 0.6) is 0 Å². The molecule has 2 aromatic rings. The van der Waals surface area contributed by atoms with Gasteiger partial charge in [0, 0.05) is 7.05 Å². The molecule has 5 heteroatoms. The molecule has 1 saturated carbocycles. The first-order valence-electron chi connectivity index (χ1n) is 6.10. The van der Waals surface area contributed by atoms with Crippen molar-refractivity contribution < 1.29 is 0 Å². The zero-order valence-corrected chi connectivity index (χ0v) is 10.6. The van der Waals surface area contributed by atoms with Crippen LogP contribution in [0.1, 0.15) is 30.1 Å². The molecule has 4 nitrogen and oxygen atoms in total. The van der Waals surface area contributed by atoms with Crippen LogP contribution >= 0.6 is 0 Å². The Labute approximate surface area is 107 Å². The zero-order valence-electron chi connectivity index (χ0n) is 10.6. The highest BCUT2D eigenvalue weighted by Gasteiger charge is 2.25. The molecule has 90 valence electrons. The molecule has 0 spiro atoms. The lowest BCUT2D eigenvalue weighted by Gasteiger charge is -2.09. The first kappa shape index (κ1) is 11.3. The van der Waals surface area contributed by atoms with Gasteiger partial charge >= 0.3 is 5.69 Å². The minimum atomic E-state index is -0.126. The first-order chi connectivity index (χ1) is 8.58. The topological polar surface area (TPSA) is 39.8 Å². The molecule has 0 N–H and O–H groups in total. The van der Waals surface area contributed by atoms with Gasteiger partial charge in [0.2, 0.25) is 0 Å². The Bertz CT molecular complexity index is 667. The molecule has 18 heavy (non-hydrogen) atoms. The van der Waals surface area contributed by atoms with Crippen molar-refractivity contribution in [1.82, 2.24) is 14.3 Å². The molecule has 0 atom stereocenters. The highest BCUT2D eigenvalue weighted by Crippen LogP contribution is 2.39. The molecule has 1 aromatic heterocycles. The molecule has 0 amide bonds. The van der Waals surface area contributed by atoms with E-state index in [9.17, 15) is 4.79 Å². The van der Waals surface area contributed by atoms with Crippen LogP contribution in [-0.4, -0.2) is 22.2 Å². The predicted octanol–water partition coefficient (Wildman–Crippen LogP) is 0.551. The number of hydrogen-bond acceptors (Lipinski definition) is 2. The van der Waals surface area contributed by atoms with E-state index in [1.54, 1.807) is 11.6 Å². The second-order valence-electron chi connectivity index (χ2n) is 4.88. The summed E-state index contributed by atoms with van der Waals surface area (Å²) in [6.45, 7) is 1.83. The average Bonchev–Trinajstić information content (AvgIpc) is 3.11. The fourth-order valence-corrected chi connectivity index (χ4v) is 2.33. The molecule has 0 aliphatic heterocycles. The fraction of sp³-hybridized carbons (Fsp3) is 0.385. The molecule has 1 fully saturated rings. The van der Waals surface area contributed by atoms with Crippen molar-refractivity contribution in [3.05, 3.63) is 40.1 Å². The van der Waals surface area contributed by atoms with Gasteiger partial charge < -0.3 is 0 Å². The Kier molecular flexibility index (Phi) is 2.43. The molecule has 1 aromatic carbocycles. The smallest absolute Gasteiger partial charge is 0.247 e. The average molecular weight is 239 g/mol. The van der Waals surface area contributed by atoms with Crippen LogP contribution in [0.15, 0.2) is 23.0 Å². The normalized spacial score (nSPS) is 15.0. The number of rotatable bonds is 2. The van der Waals surface area contributed by atoms with Gasteiger partial charge in [-0.05, 0) is 43.4 Å². The maximum absolute atomic E-state index is 12.0. The van der Waals surface area contributed by atoms with E-state index in [0.717, 1.165) is 16.7 Å². The van der Waals surface area contributed by atoms with Gasteiger partial charge in [-0.15, -0.1) is 0 Å². The number of aryl methyl sites for hydroxylation is 2. The molecule has 0 unspecified atom stereocenters. The molecule has 0 saturated heterocycles. The van der Waals surface area contributed by atoms with Crippen LogP contribution in [0.2, 0.25) is 0 Å². The maximum Gasteiger partial charge on any atom is 0.350 e. The molecular formula is C13H14BN3O. The van der Waals surface area contributed by atoms with Gasteiger partial charge in [0.15, 0.2) is 0 Å². The molecule has 1 aliphatic carbocycles. The highest BCUT2D eigenvalue weighted by molar-refractivity contribution is 6.33. The van der Waals surface area contributed by atoms with Crippen molar-refractivity contribution in [2.45, 2.75) is 25.7 Å². The van der Waals surface area contributed by atoms with Crippen molar-refractivity contribution in [3.63, 3.8) is 0 Å². The molecule has 3 rings (SSSR count). The van der Waals surface area contributed by atoms with Crippen molar-refractivity contribution >= 4 is 13.3 Å². The summed E-state index contributed by atoms with van der Waals surface area (Å²) in [6.07, 6.45) is 2.38. The van der Waals surface area contributed by atoms with Crippen molar-refractivity contribution in [1.29, 1.82) is 0 Å². The van der Waals surface area contributed by atoms with Gasteiger partial charge in [0.1, 0.15) is 13.7 Å². The molecule has 1 heterocycles. The third kappa shape index (κ3) is 1.70. The van der Waals surface area contributed by atoms with E-state index in [1.165, 1.54) is 17.5 Å². The van der Waals surface area contributed by atoms with E-state index >= 15 is 0 Å². The van der Waals surface area contributed by atoms with Crippen molar-refractivity contribution in [2.75, 3.05) is 0 Å². The predicted molar refractivity (Wildman–Crippen MR) is 70.9 cm³/mol. The summed E-state index contributed by atoms with van der Waals surface area (Å²) < 4.78 is 2.97. The van der Waals surface area contributed by atoms with Crippen LogP contribution in [0.4, 0.5) is 0 Å². The Morgan fingerprint density at radius 1 is 1.39 bits per heavy atom. The van der Waals surface area contributed by atoms with E-state index in [-0.39, 0.29) is 5.69 Å². The Hall–Kier alpha value is -1.78. The molecule has 0 bridgehead atoms. The van der Waals surface area contributed by atoms with Crippen LogP contribution < -0.4 is 11.2 Å². The van der Waals surface area contributed by atoms with Crippen molar-refractivity contribution in [2.24, 2.45) is 7.05 Å². The Morgan fingerprint density at radius 3 is 2.67 bits per heavy atom. The number of aromatic nitrogens is 3. The zero-order chi connectivity index (χ0) is 12.9. The van der Waals surface area contributed by atoms with Gasteiger partial charge in [-0.1, -0.05) is 11.5 Å². The van der Waals surface area contributed by atoms with Gasteiger partial charge in [-0.2, -0.15) is 5.10 Å². The second-order valence-corrected chi connectivity index (χ2v) is 4.88.